The first kappa shape index (κ1) is 15.1. The molecule has 2 unspecified atom stereocenters. The molecule has 0 aliphatic carbocycles. The van der Waals surface area contributed by atoms with Crippen molar-refractivity contribution in [2.45, 2.75) is 43.8 Å². The second-order valence-electron chi connectivity index (χ2n) is 6.74. The van der Waals surface area contributed by atoms with Crippen molar-refractivity contribution in [3.05, 3.63) is 34.0 Å². The molecule has 8 heteroatoms. The zero-order valence-corrected chi connectivity index (χ0v) is 13.4. The monoisotopic (exact) mass is 329 g/mol. The average molecular weight is 329 g/mol. The van der Waals surface area contributed by atoms with Gasteiger partial charge in [-0.15, -0.1) is 0 Å². The first-order chi connectivity index (χ1) is 11.5. The molecule has 8 nitrogen and oxygen atoms in total. The lowest BCUT2D eigenvalue weighted by Crippen LogP contribution is -2.48. The number of fused-ring (bicyclic) bond motifs is 3. The van der Waals surface area contributed by atoms with E-state index in [0.717, 1.165) is 12.8 Å². The van der Waals surface area contributed by atoms with Crippen LogP contribution in [0.4, 0.5) is 5.69 Å². The standard InChI is InChI=1S/C16H19N5O3/c1-20(12-6-9-2-3-10(7-12)17-9)16(22)15-13-8-11(21(23)24)4-5-14(13)18-19-15/h4-5,8-10,12,17H,2-3,6-7H2,1H3,(H,18,19). The van der Waals surface area contributed by atoms with Crippen molar-refractivity contribution in [3.63, 3.8) is 0 Å². The van der Waals surface area contributed by atoms with Crippen LogP contribution in [0.15, 0.2) is 18.2 Å². The molecule has 1 aromatic heterocycles. The summed E-state index contributed by atoms with van der Waals surface area (Å²) in [5, 5.41) is 21.9. The van der Waals surface area contributed by atoms with E-state index in [4.69, 9.17) is 0 Å². The van der Waals surface area contributed by atoms with Crippen LogP contribution in [0, 0.1) is 10.1 Å². The van der Waals surface area contributed by atoms with Gasteiger partial charge >= 0.3 is 0 Å². The molecule has 2 saturated heterocycles. The number of rotatable bonds is 3. The fourth-order valence-corrected chi connectivity index (χ4v) is 3.95. The number of non-ortho nitro benzene ring substituents is 1. The molecule has 4 rings (SSSR count). The number of hydrogen-bond donors (Lipinski definition) is 2. The maximum atomic E-state index is 12.9. The summed E-state index contributed by atoms with van der Waals surface area (Å²) < 4.78 is 0. The van der Waals surface area contributed by atoms with Crippen LogP contribution in [-0.4, -0.2) is 51.1 Å². The predicted octanol–water partition coefficient (Wildman–Crippen LogP) is 1.83. The minimum atomic E-state index is -0.463. The van der Waals surface area contributed by atoms with Crippen LogP contribution in [-0.2, 0) is 0 Å². The van der Waals surface area contributed by atoms with Gasteiger partial charge in [0.05, 0.1) is 10.4 Å². The number of benzene rings is 1. The molecular formula is C16H19N5O3. The van der Waals surface area contributed by atoms with Crippen molar-refractivity contribution in [2.24, 2.45) is 0 Å². The Morgan fingerprint density at radius 1 is 1.33 bits per heavy atom. The van der Waals surface area contributed by atoms with E-state index in [-0.39, 0.29) is 23.3 Å². The Kier molecular flexibility index (Phi) is 3.49. The number of nitrogens with zero attached hydrogens (tertiary/aromatic N) is 3. The zero-order chi connectivity index (χ0) is 16.8. The number of carbonyl (C=O) groups excluding carboxylic acids is 1. The Labute approximate surface area is 138 Å². The SMILES string of the molecule is CN(C(=O)c1n[nH]c2ccc([N+](=O)[O-])cc12)C1CC2CCC(C1)N2. The molecule has 2 fully saturated rings. The molecule has 2 aliphatic rings. The van der Waals surface area contributed by atoms with E-state index in [1.54, 1.807) is 18.0 Å². The highest BCUT2D eigenvalue weighted by molar-refractivity contribution is 6.05. The number of aromatic amines is 1. The number of amides is 1. The number of nitro benzene ring substituents is 1. The van der Waals surface area contributed by atoms with Gasteiger partial charge in [-0.3, -0.25) is 20.0 Å². The average Bonchev–Trinajstić information content (AvgIpc) is 3.15. The van der Waals surface area contributed by atoms with E-state index in [9.17, 15) is 14.9 Å². The van der Waals surface area contributed by atoms with Gasteiger partial charge in [0.25, 0.3) is 11.6 Å². The number of aromatic nitrogens is 2. The molecule has 2 bridgehead atoms. The van der Waals surface area contributed by atoms with Crippen LogP contribution in [0.1, 0.15) is 36.2 Å². The molecule has 2 aliphatic heterocycles. The first-order valence-electron chi connectivity index (χ1n) is 8.18. The van der Waals surface area contributed by atoms with Gasteiger partial charge in [-0.25, -0.2) is 0 Å². The maximum Gasteiger partial charge on any atom is 0.274 e. The fourth-order valence-electron chi connectivity index (χ4n) is 3.95. The number of hydrogen-bond acceptors (Lipinski definition) is 5. The Hall–Kier alpha value is -2.48. The van der Waals surface area contributed by atoms with E-state index < -0.39 is 4.92 Å². The van der Waals surface area contributed by atoms with Gasteiger partial charge in [0.15, 0.2) is 5.69 Å². The van der Waals surface area contributed by atoms with Crippen molar-refractivity contribution >= 4 is 22.5 Å². The Balaban J connectivity index is 1.62. The molecular weight excluding hydrogens is 310 g/mol. The summed E-state index contributed by atoms with van der Waals surface area (Å²) in [6.07, 6.45) is 4.23. The summed E-state index contributed by atoms with van der Waals surface area (Å²) in [7, 11) is 1.80. The topological polar surface area (TPSA) is 104 Å². The van der Waals surface area contributed by atoms with Gasteiger partial charge in [0.2, 0.25) is 0 Å². The van der Waals surface area contributed by atoms with Crippen LogP contribution < -0.4 is 5.32 Å². The second-order valence-corrected chi connectivity index (χ2v) is 6.74. The first-order valence-corrected chi connectivity index (χ1v) is 8.18. The van der Waals surface area contributed by atoms with Gasteiger partial charge in [-0.2, -0.15) is 5.10 Å². The van der Waals surface area contributed by atoms with Crippen LogP contribution in [0.2, 0.25) is 0 Å². The number of piperidine rings is 1. The van der Waals surface area contributed by atoms with Gasteiger partial charge in [-0.05, 0) is 31.7 Å². The molecule has 2 atom stereocenters. The quantitative estimate of drug-likeness (QED) is 0.660. The number of nitro groups is 1. The lowest BCUT2D eigenvalue weighted by Gasteiger charge is -2.35. The number of H-pyrrole nitrogens is 1. The normalized spacial score (nSPS) is 25.8. The third-order valence-electron chi connectivity index (χ3n) is 5.28. The lowest BCUT2D eigenvalue weighted by molar-refractivity contribution is -0.384. The van der Waals surface area contributed by atoms with Gasteiger partial charge in [0.1, 0.15) is 0 Å². The molecule has 0 saturated carbocycles. The summed E-state index contributed by atoms with van der Waals surface area (Å²) in [6.45, 7) is 0. The van der Waals surface area contributed by atoms with E-state index in [2.05, 4.69) is 15.5 Å². The van der Waals surface area contributed by atoms with E-state index in [1.165, 1.54) is 25.0 Å². The fraction of sp³-hybridized carbons (Fsp3) is 0.500. The molecule has 24 heavy (non-hydrogen) atoms. The molecule has 0 spiro atoms. The molecule has 126 valence electrons. The number of carbonyl (C=O) groups is 1. The Bertz CT molecular complexity index is 805. The van der Waals surface area contributed by atoms with Crippen LogP contribution >= 0.6 is 0 Å². The van der Waals surface area contributed by atoms with E-state index >= 15 is 0 Å². The largest absolute Gasteiger partial charge is 0.337 e. The lowest BCUT2D eigenvalue weighted by atomic mass is 9.98. The summed E-state index contributed by atoms with van der Waals surface area (Å²) >= 11 is 0. The van der Waals surface area contributed by atoms with Crippen molar-refractivity contribution < 1.29 is 9.72 Å². The molecule has 3 heterocycles. The highest BCUT2D eigenvalue weighted by Crippen LogP contribution is 2.30. The summed E-state index contributed by atoms with van der Waals surface area (Å²) in [4.78, 5) is 25.2. The van der Waals surface area contributed by atoms with Crippen molar-refractivity contribution in [1.29, 1.82) is 0 Å². The molecule has 2 aromatic rings. The maximum absolute atomic E-state index is 12.9. The Morgan fingerprint density at radius 3 is 2.71 bits per heavy atom. The molecule has 1 amide bonds. The minimum Gasteiger partial charge on any atom is -0.337 e. The second kappa shape index (κ2) is 5.55. The summed E-state index contributed by atoms with van der Waals surface area (Å²) in [6, 6.07) is 5.56. The third-order valence-corrected chi connectivity index (χ3v) is 5.28. The van der Waals surface area contributed by atoms with Crippen molar-refractivity contribution in [3.8, 4) is 0 Å². The molecule has 2 N–H and O–H groups in total. The minimum absolute atomic E-state index is 0.0412. The van der Waals surface area contributed by atoms with Gasteiger partial charge < -0.3 is 10.2 Å². The summed E-state index contributed by atoms with van der Waals surface area (Å²) in [5.74, 6) is -0.187. The van der Waals surface area contributed by atoms with Gasteiger partial charge in [0, 0.05) is 42.7 Å². The Morgan fingerprint density at radius 2 is 2.04 bits per heavy atom. The van der Waals surface area contributed by atoms with Crippen molar-refractivity contribution in [1.82, 2.24) is 20.4 Å². The summed E-state index contributed by atoms with van der Waals surface area (Å²) in [5.41, 5.74) is 0.838. The smallest absolute Gasteiger partial charge is 0.274 e. The van der Waals surface area contributed by atoms with E-state index in [1.807, 2.05) is 0 Å². The highest BCUT2D eigenvalue weighted by atomic mass is 16.6. The van der Waals surface area contributed by atoms with Crippen LogP contribution in [0.25, 0.3) is 10.9 Å². The van der Waals surface area contributed by atoms with Gasteiger partial charge in [-0.1, -0.05) is 0 Å². The van der Waals surface area contributed by atoms with E-state index in [0.29, 0.717) is 23.0 Å². The van der Waals surface area contributed by atoms with Crippen LogP contribution in [0.3, 0.4) is 0 Å². The number of nitrogens with one attached hydrogen (secondary N) is 2. The zero-order valence-electron chi connectivity index (χ0n) is 13.4. The third kappa shape index (κ3) is 2.43. The van der Waals surface area contributed by atoms with Crippen molar-refractivity contribution in [2.75, 3.05) is 7.05 Å². The predicted molar refractivity (Wildman–Crippen MR) is 87.8 cm³/mol. The highest BCUT2D eigenvalue weighted by Gasteiger charge is 2.37. The molecule has 0 radical (unpaired) electrons. The van der Waals surface area contributed by atoms with Crippen LogP contribution in [0.5, 0.6) is 0 Å². The molecule has 1 aromatic carbocycles.